The zero-order valence-corrected chi connectivity index (χ0v) is 11.5. The predicted octanol–water partition coefficient (Wildman–Crippen LogP) is 2.19. The fourth-order valence-corrected chi connectivity index (χ4v) is 2.05. The molecule has 1 aromatic rings. The summed E-state index contributed by atoms with van der Waals surface area (Å²) in [5, 5.41) is 13.0. The first-order valence-corrected chi connectivity index (χ1v) is 6.61. The predicted molar refractivity (Wildman–Crippen MR) is 73.1 cm³/mol. The second-order valence-electron chi connectivity index (χ2n) is 5.70. The van der Waals surface area contributed by atoms with Crippen LogP contribution >= 0.6 is 0 Å². The highest BCUT2D eigenvalue weighted by molar-refractivity contribution is 5.35. The Morgan fingerprint density at radius 3 is 2.67 bits per heavy atom. The number of benzene rings is 1. The summed E-state index contributed by atoms with van der Waals surface area (Å²) in [4.78, 5) is 0. The lowest BCUT2D eigenvalue weighted by Gasteiger charge is -2.29. The Hall–Kier alpha value is -1.06. The van der Waals surface area contributed by atoms with Gasteiger partial charge in [0, 0.05) is 6.04 Å². The zero-order valence-electron chi connectivity index (χ0n) is 11.5. The van der Waals surface area contributed by atoms with Crippen LogP contribution in [0.1, 0.15) is 30.9 Å². The summed E-state index contributed by atoms with van der Waals surface area (Å²) in [6.45, 7) is 6.71. The van der Waals surface area contributed by atoms with E-state index in [0.29, 0.717) is 12.6 Å². The normalized spacial score (nSPS) is 18.4. The molecule has 1 aromatic carbocycles. The van der Waals surface area contributed by atoms with E-state index in [9.17, 15) is 5.11 Å². The van der Waals surface area contributed by atoms with Gasteiger partial charge >= 0.3 is 0 Å². The third-order valence-corrected chi connectivity index (χ3v) is 3.36. The van der Waals surface area contributed by atoms with Gasteiger partial charge in [0.2, 0.25) is 0 Å². The van der Waals surface area contributed by atoms with E-state index in [1.807, 2.05) is 26.0 Å². The Morgan fingerprint density at radius 1 is 1.39 bits per heavy atom. The van der Waals surface area contributed by atoms with E-state index in [1.54, 1.807) is 0 Å². The molecular weight excluding hydrogens is 226 g/mol. The maximum absolute atomic E-state index is 9.51. The van der Waals surface area contributed by atoms with Gasteiger partial charge in [-0.2, -0.15) is 0 Å². The molecule has 2 rings (SSSR count). The lowest BCUT2D eigenvalue weighted by molar-refractivity contribution is 0.114. The third-order valence-electron chi connectivity index (χ3n) is 3.36. The molecule has 2 N–H and O–H groups in total. The maximum atomic E-state index is 9.51. The van der Waals surface area contributed by atoms with Crippen molar-refractivity contribution >= 4 is 0 Å². The van der Waals surface area contributed by atoms with E-state index in [2.05, 4.69) is 18.3 Å². The van der Waals surface area contributed by atoms with Crippen molar-refractivity contribution in [2.75, 3.05) is 13.2 Å². The molecule has 3 heteroatoms. The van der Waals surface area contributed by atoms with Crippen LogP contribution in [0.2, 0.25) is 0 Å². The van der Waals surface area contributed by atoms with Crippen LogP contribution in [0.4, 0.5) is 0 Å². The summed E-state index contributed by atoms with van der Waals surface area (Å²) < 4.78 is 5.85. The van der Waals surface area contributed by atoms with Gasteiger partial charge in [0.1, 0.15) is 12.4 Å². The van der Waals surface area contributed by atoms with Crippen LogP contribution < -0.4 is 10.1 Å². The van der Waals surface area contributed by atoms with Crippen molar-refractivity contribution in [1.29, 1.82) is 0 Å². The molecule has 1 fully saturated rings. The van der Waals surface area contributed by atoms with Crippen molar-refractivity contribution in [3.63, 3.8) is 0 Å². The number of nitrogens with one attached hydrogen (secondary N) is 1. The first-order valence-electron chi connectivity index (χ1n) is 6.61. The molecule has 1 unspecified atom stereocenters. The van der Waals surface area contributed by atoms with Crippen LogP contribution in [-0.4, -0.2) is 29.9 Å². The minimum Gasteiger partial charge on any atom is -0.491 e. The Bertz CT molecular complexity index is 415. The number of rotatable bonds is 6. The molecule has 0 aliphatic heterocycles. The molecule has 100 valence electrons. The maximum Gasteiger partial charge on any atom is 0.122 e. The topological polar surface area (TPSA) is 41.5 Å². The van der Waals surface area contributed by atoms with Gasteiger partial charge in [0.25, 0.3) is 0 Å². The molecule has 0 aromatic heterocycles. The molecule has 3 nitrogen and oxygen atoms in total. The molecule has 0 bridgehead atoms. The highest BCUT2D eigenvalue weighted by atomic mass is 16.5. The molecule has 0 spiro atoms. The molecule has 0 radical (unpaired) electrons. The molecule has 18 heavy (non-hydrogen) atoms. The van der Waals surface area contributed by atoms with Crippen LogP contribution in [0.3, 0.4) is 0 Å². The van der Waals surface area contributed by atoms with Crippen molar-refractivity contribution in [3.05, 3.63) is 29.3 Å². The van der Waals surface area contributed by atoms with Gasteiger partial charge in [-0.05, 0) is 45.2 Å². The van der Waals surface area contributed by atoms with Crippen LogP contribution in [0, 0.1) is 13.8 Å². The number of aliphatic hydroxyl groups is 1. The van der Waals surface area contributed by atoms with Crippen LogP contribution in [0.5, 0.6) is 5.75 Å². The lowest BCUT2D eigenvalue weighted by atomic mass is 10.1. The molecule has 0 amide bonds. The summed E-state index contributed by atoms with van der Waals surface area (Å²) in [6.07, 6.45) is 2.41. The molecule has 1 saturated carbocycles. The van der Waals surface area contributed by atoms with E-state index < -0.39 is 0 Å². The minimum absolute atomic E-state index is 0.0917. The van der Waals surface area contributed by atoms with Gasteiger partial charge in [-0.1, -0.05) is 17.7 Å². The van der Waals surface area contributed by atoms with E-state index in [1.165, 1.54) is 18.4 Å². The van der Waals surface area contributed by atoms with Gasteiger partial charge in [0.05, 0.1) is 12.1 Å². The van der Waals surface area contributed by atoms with Crippen molar-refractivity contribution in [1.82, 2.24) is 5.32 Å². The van der Waals surface area contributed by atoms with Gasteiger partial charge in [-0.3, -0.25) is 0 Å². The molecule has 1 aliphatic carbocycles. The highest BCUT2D eigenvalue weighted by Crippen LogP contribution is 2.24. The summed E-state index contributed by atoms with van der Waals surface area (Å²) in [6, 6.07) is 6.72. The smallest absolute Gasteiger partial charge is 0.122 e. The Labute approximate surface area is 109 Å². The monoisotopic (exact) mass is 249 g/mol. The molecule has 1 atom stereocenters. The first-order chi connectivity index (χ1) is 8.52. The Morgan fingerprint density at radius 2 is 2.11 bits per heavy atom. The highest BCUT2D eigenvalue weighted by Gasteiger charge is 2.32. The van der Waals surface area contributed by atoms with Crippen LogP contribution in [0.15, 0.2) is 18.2 Å². The Kier molecular flexibility index (Phi) is 3.93. The van der Waals surface area contributed by atoms with E-state index in [0.717, 1.165) is 11.3 Å². The Balaban J connectivity index is 1.95. The SMILES string of the molecule is Cc1ccc(OCC(C)(CO)NC2CC2)c(C)c1. The number of aryl methyl sites for hydroxylation is 2. The van der Waals surface area contributed by atoms with Gasteiger partial charge in [-0.15, -0.1) is 0 Å². The summed E-state index contributed by atoms with van der Waals surface area (Å²) in [5.41, 5.74) is 2.03. The van der Waals surface area contributed by atoms with E-state index in [-0.39, 0.29) is 12.1 Å². The minimum atomic E-state index is -0.349. The van der Waals surface area contributed by atoms with Crippen molar-refractivity contribution in [2.45, 2.75) is 45.2 Å². The fourth-order valence-electron chi connectivity index (χ4n) is 2.05. The fraction of sp³-hybridized carbons (Fsp3) is 0.600. The largest absolute Gasteiger partial charge is 0.491 e. The molecular formula is C15H23NO2. The van der Waals surface area contributed by atoms with Crippen LogP contribution in [-0.2, 0) is 0 Å². The third kappa shape index (κ3) is 3.47. The van der Waals surface area contributed by atoms with E-state index in [4.69, 9.17) is 4.74 Å². The summed E-state index contributed by atoms with van der Waals surface area (Å²) in [7, 11) is 0. The van der Waals surface area contributed by atoms with E-state index >= 15 is 0 Å². The first kappa shape index (κ1) is 13.4. The van der Waals surface area contributed by atoms with Crippen molar-refractivity contribution in [3.8, 4) is 5.75 Å². The van der Waals surface area contributed by atoms with Crippen molar-refractivity contribution < 1.29 is 9.84 Å². The average Bonchev–Trinajstić information content (AvgIpc) is 3.12. The van der Waals surface area contributed by atoms with Gasteiger partial charge in [0.15, 0.2) is 0 Å². The number of ether oxygens (including phenoxy) is 1. The average molecular weight is 249 g/mol. The van der Waals surface area contributed by atoms with Crippen LogP contribution in [0.25, 0.3) is 0 Å². The quantitative estimate of drug-likeness (QED) is 0.812. The lowest BCUT2D eigenvalue weighted by Crippen LogP contribution is -2.51. The number of hydrogen-bond acceptors (Lipinski definition) is 3. The molecule has 1 aliphatic rings. The molecule has 0 heterocycles. The number of aliphatic hydroxyl groups excluding tert-OH is 1. The standard InChI is InChI=1S/C15H23NO2/c1-11-4-7-14(12(2)8-11)18-10-15(3,9-17)16-13-5-6-13/h4,7-8,13,16-17H,5-6,9-10H2,1-3H3. The summed E-state index contributed by atoms with van der Waals surface area (Å²) >= 11 is 0. The second-order valence-corrected chi connectivity index (χ2v) is 5.70. The number of hydrogen-bond donors (Lipinski definition) is 2. The summed E-state index contributed by atoms with van der Waals surface area (Å²) in [5.74, 6) is 0.901. The molecule has 0 saturated heterocycles. The van der Waals surface area contributed by atoms with Gasteiger partial charge in [-0.25, -0.2) is 0 Å². The second kappa shape index (κ2) is 5.29. The van der Waals surface area contributed by atoms with Crippen molar-refractivity contribution in [2.24, 2.45) is 0 Å². The zero-order chi connectivity index (χ0) is 13.2. The van der Waals surface area contributed by atoms with Gasteiger partial charge < -0.3 is 15.2 Å².